The van der Waals surface area contributed by atoms with Gasteiger partial charge in [-0.25, -0.2) is 10.1 Å². The largest absolute Gasteiger partial charge is 0.466 e. The molecule has 1 fully saturated rings. The van der Waals surface area contributed by atoms with Crippen LogP contribution in [0, 0.1) is 5.92 Å². The van der Waals surface area contributed by atoms with Gasteiger partial charge in [-0.1, -0.05) is 97.1 Å². The third-order valence-electron chi connectivity index (χ3n) is 6.91. The highest BCUT2D eigenvalue weighted by Crippen LogP contribution is 2.59. The molecule has 0 amide bonds. The van der Waals surface area contributed by atoms with Crippen molar-refractivity contribution in [3.8, 4) is 0 Å². The first-order valence-corrected chi connectivity index (χ1v) is 12.2. The SMILES string of the molecule is CCOC(=O)[C@H]1[C@H](c2ccccc2)ON2c3ccccc3C(=Nc3ccccc3)[C@@]12c1ccccc1. The van der Waals surface area contributed by atoms with Crippen molar-refractivity contribution in [1.82, 2.24) is 0 Å². The molecule has 2 aliphatic heterocycles. The Bertz CT molecular complexity index is 1410. The molecule has 36 heavy (non-hydrogen) atoms. The van der Waals surface area contributed by atoms with Crippen molar-refractivity contribution in [2.24, 2.45) is 10.9 Å². The second-order valence-corrected chi connectivity index (χ2v) is 8.91. The number of ether oxygens (including phenoxy) is 1. The first-order chi connectivity index (χ1) is 17.7. The molecule has 0 spiro atoms. The molecule has 1 saturated heterocycles. The summed E-state index contributed by atoms with van der Waals surface area (Å²) >= 11 is 0. The van der Waals surface area contributed by atoms with Gasteiger partial charge in [-0.05, 0) is 36.2 Å². The minimum Gasteiger partial charge on any atom is -0.466 e. The Kier molecular flexibility index (Phi) is 5.62. The Morgan fingerprint density at radius 2 is 1.47 bits per heavy atom. The van der Waals surface area contributed by atoms with E-state index in [2.05, 4.69) is 0 Å². The molecule has 0 aliphatic carbocycles. The van der Waals surface area contributed by atoms with Crippen LogP contribution >= 0.6 is 0 Å². The first kappa shape index (κ1) is 22.3. The highest BCUT2D eigenvalue weighted by Gasteiger charge is 2.67. The predicted octanol–water partition coefficient (Wildman–Crippen LogP) is 6.39. The number of fused-ring (bicyclic) bond motifs is 3. The summed E-state index contributed by atoms with van der Waals surface area (Å²) in [7, 11) is 0. The van der Waals surface area contributed by atoms with Crippen molar-refractivity contribution in [1.29, 1.82) is 0 Å². The Balaban J connectivity index is 1.68. The topological polar surface area (TPSA) is 51.1 Å². The number of nitrogens with zero attached hydrogens (tertiary/aromatic N) is 2. The molecule has 0 aromatic heterocycles. The van der Waals surface area contributed by atoms with Gasteiger partial charge in [-0.15, -0.1) is 0 Å². The number of carbonyl (C=O) groups excluding carboxylic acids is 1. The van der Waals surface area contributed by atoms with Crippen LogP contribution in [0.5, 0.6) is 0 Å². The molecule has 6 rings (SSSR count). The number of hydroxylamine groups is 1. The predicted molar refractivity (Wildman–Crippen MR) is 140 cm³/mol. The lowest BCUT2D eigenvalue weighted by Gasteiger charge is -2.36. The van der Waals surface area contributed by atoms with Crippen LogP contribution in [0.1, 0.15) is 29.7 Å². The monoisotopic (exact) mass is 474 g/mol. The van der Waals surface area contributed by atoms with Crippen LogP contribution in [0.15, 0.2) is 120 Å². The average molecular weight is 475 g/mol. The smallest absolute Gasteiger partial charge is 0.315 e. The van der Waals surface area contributed by atoms with E-state index >= 15 is 0 Å². The summed E-state index contributed by atoms with van der Waals surface area (Å²) in [6, 6.07) is 37.8. The van der Waals surface area contributed by atoms with Gasteiger partial charge in [0.25, 0.3) is 0 Å². The molecular weight excluding hydrogens is 448 g/mol. The summed E-state index contributed by atoms with van der Waals surface area (Å²) < 4.78 is 5.73. The van der Waals surface area contributed by atoms with E-state index in [9.17, 15) is 4.79 Å². The number of hydrogen-bond acceptors (Lipinski definition) is 5. The molecular formula is C31H26N2O3. The summed E-state index contributed by atoms with van der Waals surface area (Å²) in [6.07, 6.45) is -0.556. The van der Waals surface area contributed by atoms with Gasteiger partial charge in [0.1, 0.15) is 12.0 Å². The molecule has 0 radical (unpaired) electrons. The number of aliphatic imine (C=N–C) groups is 1. The van der Waals surface area contributed by atoms with Crippen LogP contribution in [0.3, 0.4) is 0 Å². The van der Waals surface area contributed by atoms with E-state index in [1.807, 2.05) is 127 Å². The van der Waals surface area contributed by atoms with Gasteiger partial charge in [-0.2, -0.15) is 0 Å². The maximum Gasteiger partial charge on any atom is 0.315 e. The van der Waals surface area contributed by atoms with Crippen LogP contribution in [0.2, 0.25) is 0 Å². The van der Waals surface area contributed by atoms with Crippen LogP contribution in [-0.4, -0.2) is 18.3 Å². The molecule has 4 aromatic rings. The van der Waals surface area contributed by atoms with Crippen molar-refractivity contribution in [2.75, 3.05) is 11.7 Å². The number of para-hydroxylation sites is 2. The zero-order valence-electron chi connectivity index (χ0n) is 20.0. The van der Waals surface area contributed by atoms with E-state index < -0.39 is 17.6 Å². The Hall–Kier alpha value is -4.22. The summed E-state index contributed by atoms with van der Waals surface area (Å²) in [5.74, 6) is -1.01. The molecule has 5 heteroatoms. The fourth-order valence-electron chi connectivity index (χ4n) is 5.47. The molecule has 0 saturated carbocycles. The zero-order chi connectivity index (χ0) is 24.5. The molecule has 5 nitrogen and oxygen atoms in total. The van der Waals surface area contributed by atoms with Crippen molar-refractivity contribution < 1.29 is 14.4 Å². The lowest BCUT2D eigenvalue weighted by molar-refractivity contribution is -0.151. The number of hydrogen-bond donors (Lipinski definition) is 0. The van der Waals surface area contributed by atoms with Gasteiger partial charge in [0.2, 0.25) is 0 Å². The number of carbonyl (C=O) groups is 1. The third-order valence-corrected chi connectivity index (χ3v) is 6.91. The van der Waals surface area contributed by atoms with Crippen LogP contribution in [0.25, 0.3) is 0 Å². The Morgan fingerprint density at radius 3 is 2.17 bits per heavy atom. The van der Waals surface area contributed by atoms with E-state index in [0.29, 0.717) is 0 Å². The van der Waals surface area contributed by atoms with Crippen LogP contribution < -0.4 is 5.06 Å². The van der Waals surface area contributed by atoms with E-state index in [1.54, 1.807) is 0 Å². The fourth-order valence-corrected chi connectivity index (χ4v) is 5.47. The number of rotatable bonds is 5. The molecule has 0 bridgehead atoms. The summed E-state index contributed by atoms with van der Waals surface area (Å²) in [4.78, 5) is 25.9. The number of esters is 1. The number of benzene rings is 4. The van der Waals surface area contributed by atoms with E-state index in [1.165, 1.54) is 0 Å². The molecule has 2 heterocycles. The Morgan fingerprint density at radius 1 is 0.861 bits per heavy atom. The van der Waals surface area contributed by atoms with Crippen molar-refractivity contribution in [3.63, 3.8) is 0 Å². The normalized spacial score (nSPS) is 23.4. The highest BCUT2D eigenvalue weighted by atomic mass is 16.7. The van der Waals surface area contributed by atoms with Gasteiger partial charge >= 0.3 is 5.97 Å². The standard InChI is InChI=1S/C31H26N2O3/c1-2-35-30(34)27-28(22-14-6-3-7-15-22)36-33-26-21-13-12-20-25(26)29(32-24-18-10-5-11-19-24)31(27,33)23-16-8-4-9-17-23/h3-21,27-28H,2H2,1H3/t27-,28+,31-/m1/s1. The fraction of sp³-hybridized carbons (Fsp3) is 0.161. The van der Waals surface area contributed by atoms with E-state index in [-0.39, 0.29) is 12.6 Å². The molecule has 0 unspecified atom stereocenters. The summed E-state index contributed by atoms with van der Waals surface area (Å²) in [6.45, 7) is 2.11. The molecule has 3 atom stereocenters. The number of anilines is 1. The minimum atomic E-state index is -1.02. The third kappa shape index (κ3) is 3.35. The van der Waals surface area contributed by atoms with Crippen LogP contribution in [-0.2, 0) is 19.9 Å². The summed E-state index contributed by atoms with van der Waals surface area (Å²) in [5, 5.41) is 1.90. The lowest BCUT2D eigenvalue weighted by atomic mass is 9.71. The zero-order valence-corrected chi connectivity index (χ0v) is 20.0. The highest BCUT2D eigenvalue weighted by molar-refractivity contribution is 6.20. The molecule has 2 aliphatic rings. The van der Waals surface area contributed by atoms with Gasteiger partial charge in [0, 0.05) is 5.56 Å². The minimum absolute atomic E-state index is 0.278. The second kappa shape index (κ2) is 9.10. The second-order valence-electron chi connectivity index (χ2n) is 8.91. The van der Waals surface area contributed by atoms with E-state index in [0.717, 1.165) is 33.8 Å². The van der Waals surface area contributed by atoms with E-state index in [4.69, 9.17) is 14.6 Å². The van der Waals surface area contributed by atoms with Gasteiger partial charge < -0.3 is 4.74 Å². The van der Waals surface area contributed by atoms with Crippen LogP contribution in [0.4, 0.5) is 11.4 Å². The van der Waals surface area contributed by atoms with Gasteiger partial charge in [0.15, 0.2) is 5.54 Å². The quantitative estimate of drug-likeness (QED) is 0.315. The molecule has 178 valence electrons. The average Bonchev–Trinajstić information content (AvgIpc) is 3.42. The summed E-state index contributed by atoms with van der Waals surface area (Å²) in [5.41, 5.74) is 4.21. The van der Waals surface area contributed by atoms with Gasteiger partial charge in [-0.3, -0.25) is 9.63 Å². The lowest BCUT2D eigenvalue weighted by Crippen LogP contribution is -2.50. The van der Waals surface area contributed by atoms with Gasteiger partial charge in [0.05, 0.1) is 23.7 Å². The first-order valence-electron chi connectivity index (χ1n) is 12.2. The van der Waals surface area contributed by atoms with Crippen molar-refractivity contribution in [3.05, 3.63) is 132 Å². The maximum atomic E-state index is 13.9. The Labute approximate surface area is 210 Å². The molecule has 4 aromatic carbocycles. The van der Waals surface area contributed by atoms with Crippen molar-refractivity contribution >= 4 is 23.1 Å². The van der Waals surface area contributed by atoms with Crippen molar-refractivity contribution in [2.45, 2.75) is 18.6 Å². The molecule has 0 N–H and O–H groups in total. The maximum absolute atomic E-state index is 13.9.